The predicted molar refractivity (Wildman–Crippen MR) is 89.5 cm³/mol. The largest absolute Gasteiger partial charge is 0.312 e. The molecule has 0 spiro atoms. The van der Waals surface area contributed by atoms with Crippen LogP contribution in [-0.2, 0) is 23.0 Å². The second-order valence-corrected chi connectivity index (χ2v) is 8.76. The Morgan fingerprint density at radius 1 is 1.29 bits per heavy atom. The van der Waals surface area contributed by atoms with Gasteiger partial charge in [-0.25, -0.2) is 12.7 Å². The molecule has 4 nitrogen and oxygen atoms in total. The van der Waals surface area contributed by atoms with Crippen LogP contribution in [0.25, 0.3) is 0 Å². The average molecular weight is 345 g/mol. The van der Waals surface area contributed by atoms with Crippen LogP contribution >= 0.6 is 22.7 Å². The Labute approximate surface area is 134 Å². The number of hydrogen-bond acceptors (Lipinski definition) is 5. The van der Waals surface area contributed by atoms with E-state index in [2.05, 4.69) is 5.32 Å². The molecule has 0 atom stereocenters. The first-order valence-electron chi connectivity index (χ1n) is 6.81. The van der Waals surface area contributed by atoms with Gasteiger partial charge < -0.3 is 5.32 Å². The highest BCUT2D eigenvalue weighted by atomic mass is 32.2. The van der Waals surface area contributed by atoms with Gasteiger partial charge in [-0.05, 0) is 30.5 Å². The quantitative estimate of drug-likeness (QED) is 0.801. The zero-order valence-corrected chi connectivity index (χ0v) is 14.7. The summed E-state index contributed by atoms with van der Waals surface area (Å²) in [5, 5.41) is 6.94. The van der Waals surface area contributed by atoms with Crippen molar-refractivity contribution in [3.8, 4) is 0 Å². The lowest BCUT2D eigenvalue weighted by Crippen LogP contribution is -2.28. The molecule has 0 amide bonds. The zero-order chi connectivity index (χ0) is 15.3. The van der Waals surface area contributed by atoms with Crippen molar-refractivity contribution in [3.05, 3.63) is 38.7 Å². The van der Waals surface area contributed by atoms with E-state index in [1.54, 1.807) is 29.8 Å². The van der Waals surface area contributed by atoms with E-state index in [1.807, 2.05) is 24.4 Å². The Bertz CT molecular complexity index is 648. The Balaban J connectivity index is 2.00. The number of rotatable bonds is 8. The van der Waals surface area contributed by atoms with Crippen molar-refractivity contribution in [2.24, 2.45) is 0 Å². The maximum atomic E-state index is 12.5. The second-order valence-electron chi connectivity index (χ2n) is 4.68. The molecular formula is C14H20N2O2S3. The lowest BCUT2D eigenvalue weighted by molar-refractivity contribution is 0.474. The van der Waals surface area contributed by atoms with Gasteiger partial charge in [0.2, 0.25) is 10.0 Å². The summed E-state index contributed by atoms with van der Waals surface area (Å²) >= 11 is 3.14. The summed E-state index contributed by atoms with van der Waals surface area (Å²) in [6.07, 6.45) is 0.752. The molecule has 0 saturated carbocycles. The normalized spacial score (nSPS) is 12.1. The van der Waals surface area contributed by atoms with Crippen molar-refractivity contribution in [1.82, 2.24) is 9.62 Å². The molecule has 7 heteroatoms. The smallest absolute Gasteiger partial charge is 0.243 e. The van der Waals surface area contributed by atoms with Crippen LogP contribution in [0.15, 0.2) is 33.9 Å². The number of sulfonamides is 1. The summed E-state index contributed by atoms with van der Waals surface area (Å²) in [7, 11) is -1.73. The van der Waals surface area contributed by atoms with Gasteiger partial charge in [0.05, 0.1) is 4.90 Å². The van der Waals surface area contributed by atoms with Crippen molar-refractivity contribution >= 4 is 32.7 Å². The SMILES string of the molecule is CCNCc1cc(S(=O)(=O)N(C)CCc2cccs2)cs1. The fourth-order valence-corrected chi connectivity index (χ4v) is 4.96. The molecule has 116 valence electrons. The van der Waals surface area contributed by atoms with Crippen molar-refractivity contribution < 1.29 is 8.42 Å². The van der Waals surface area contributed by atoms with Crippen LogP contribution in [-0.4, -0.2) is 32.9 Å². The average Bonchev–Trinajstić information content (AvgIpc) is 3.13. The monoisotopic (exact) mass is 344 g/mol. The van der Waals surface area contributed by atoms with Crippen LogP contribution in [0, 0.1) is 0 Å². The zero-order valence-electron chi connectivity index (χ0n) is 12.2. The highest BCUT2D eigenvalue weighted by Crippen LogP contribution is 2.22. The van der Waals surface area contributed by atoms with Crippen LogP contribution in [0.2, 0.25) is 0 Å². The van der Waals surface area contributed by atoms with Crippen LogP contribution < -0.4 is 5.32 Å². The minimum Gasteiger partial charge on any atom is -0.312 e. The molecule has 2 aromatic rings. The fraction of sp³-hybridized carbons (Fsp3) is 0.429. The topological polar surface area (TPSA) is 49.4 Å². The van der Waals surface area contributed by atoms with Gasteiger partial charge in [0.25, 0.3) is 0 Å². The van der Waals surface area contributed by atoms with Crippen LogP contribution in [0.3, 0.4) is 0 Å². The highest BCUT2D eigenvalue weighted by Gasteiger charge is 2.22. The third-order valence-corrected chi connectivity index (χ3v) is 7.00. The van der Waals surface area contributed by atoms with Crippen molar-refractivity contribution in [1.29, 1.82) is 0 Å². The number of nitrogens with one attached hydrogen (secondary N) is 1. The van der Waals surface area contributed by atoms with Gasteiger partial charge >= 0.3 is 0 Å². The maximum Gasteiger partial charge on any atom is 0.243 e. The highest BCUT2D eigenvalue weighted by molar-refractivity contribution is 7.89. The number of nitrogens with zero attached hydrogens (tertiary/aromatic N) is 1. The third-order valence-electron chi connectivity index (χ3n) is 3.14. The van der Waals surface area contributed by atoms with E-state index >= 15 is 0 Å². The first-order chi connectivity index (χ1) is 10.0. The molecule has 21 heavy (non-hydrogen) atoms. The van der Waals surface area contributed by atoms with E-state index in [1.165, 1.54) is 20.5 Å². The summed E-state index contributed by atoms with van der Waals surface area (Å²) in [4.78, 5) is 2.64. The van der Waals surface area contributed by atoms with Crippen molar-refractivity contribution in [2.45, 2.75) is 24.8 Å². The molecule has 0 bridgehead atoms. The summed E-state index contributed by atoms with van der Waals surface area (Å²) in [6, 6.07) is 5.79. The van der Waals surface area contributed by atoms with Crippen LogP contribution in [0.4, 0.5) is 0 Å². The van der Waals surface area contributed by atoms with E-state index in [0.29, 0.717) is 11.4 Å². The lowest BCUT2D eigenvalue weighted by atomic mass is 10.3. The molecule has 0 radical (unpaired) electrons. The number of likely N-dealkylation sites (N-methyl/N-ethyl adjacent to an activating group) is 1. The van der Waals surface area contributed by atoms with E-state index in [9.17, 15) is 8.42 Å². The first-order valence-corrected chi connectivity index (χ1v) is 10.0. The van der Waals surface area contributed by atoms with Gasteiger partial charge in [0.1, 0.15) is 0 Å². The molecule has 0 aromatic carbocycles. The summed E-state index contributed by atoms with van der Waals surface area (Å²) < 4.78 is 26.4. The number of thiophene rings is 2. The maximum absolute atomic E-state index is 12.5. The Hall–Kier alpha value is -0.730. The Morgan fingerprint density at radius 3 is 2.76 bits per heavy atom. The molecular weight excluding hydrogens is 324 g/mol. The van der Waals surface area contributed by atoms with Gasteiger partial charge in [-0.2, -0.15) is 0 Å². The molecule has 0 aliphatic heterocycles. The molecule has 0 unspecified atom stereocenters. The van der Waals surface area contributed by atoms with E-state index in [0.717, 1.165) is 24.4 Å². The molecule has 0 aliphatic carbocycles. The predicted octanol–water partition coefficient (Wildman–Crippen LogP) is 2.78. The van der Waals surface area contributed by atoms with Gasteiger partial charge in [0.15, 0.2) is 0 Å². The van der Waals surface area contributed by atoms with Crippen LogP contribution in [0.5, 0.6) is 0 Å². The number of hydrogen-bond donors (Lipinski definition) is 1. The summed E-state index contributed by atoms with van der Waals surface area (Å²) in [5.74, 6) is 0. The molecule has 2 aromatic heterocycles. The molecule has 0 saturated heterocycles. The molecule has 0 aliphatic rings. The van der Waals surface area contributed by atoms with Crippen molar-refractivity contribution in [3.63, 3.8) is 0 Å². The van der Waals surface area contributed by atoms with E-state index in [4.69, 9.17) is 0 Å². The minimum atomic E-state index is -3.38. The van der Waals surface area contributed by atoms with Gasteiger partial charge in [-0.1, -0.05) is 13.0 Å². The second kappa shape index (κ2) is 7.51. The Kier molecular flexibility index (Phi) is 5.95. The van der Waals surface area contributed by atoms with Gasteiger partial charge in [0, 0.05) is 35.3 Å². The van der Waals surface area contributed by atoms with Crippen LogP contribution in [0.1, 0.15) is 16.7 Å². The summed E-state index contributed by atoms with van der Waals surface area (Å²) in [5.41, 5.74) is 0. The lowest BCUT2D eigenvalue weighted by Gasteiger charge is -2.15. The third kappa shape index (κ3) is 4.37. The minimum absolute atomic E-state index is 0.397. The van der Waals surface area contributed by atoms with Gasteiger partial charge in [-0.15, -0.1) is 22.7 Å². The van der Waals surface area contributed by atoms with E-state index in [-0.39, 0.29) is 0 Å². The standard InChI is InChI=1S/C14H20N2O2S3/c1-3-15-10-13-9-14(11-20-13)21(17,18)16(2)7-6-12-5-4-8-19-12/h4-5,8-9,11,15H,3,6-7,10H2,1-2H3. The van der Waals surface area contributed by atoms with E-state index < -0.39 is 10.0 Å². The first kappa shape index (κ1) is 16.6. The fourth-order valence-electron chi connectivity index (χ4n) is 1.86. The van der Waals surface area contributed by atoms with Crippen molar-refractivity contribution in [2.75, 3.05) is 20.1 Å². The molecule has 0 fully saturated rings. The molecule has 2 heterocycles. The molecule has 1 N–H and O–H groups in total. The van der Waals surface area contributed by atoms with Gasteiger partial charge in [-0.3, -0.25) is 0 Å². The summed E-state index contributed by atoms with van der Waals surface area (Å²) in [6.45, 7) is 4.13. The Morgan fingerprint density at radius 2 is 2.10 bits per heavy atom. The molecule has 2 rings (SSSR count).